The number of hydrogen-bond donors (Lipinski definition) is 0. The Morgan fingerprint density at radius 1 is 0.938 bits per heavy atom. The SMILES string of the molecule is N#CC(C#N)=C1C(=O)C(=O)c2ccccc21. The standard InChI is InChI=1S/C12H4N2O2/c13-5-7(6-14)10-8-3-1-2-4-9(8)11(15)12(10)16/h1-4H. The zero-order valence-corrected chi connectivity index (χ0v) is 8.02. The Labute approximate surface area is 91.0 Å². The molecule has 0 saturated carbocycles. The first-order valence-corrected chi connectivity index (χ1v) is 4.43. The molecule has 0 aliphatic heterocycles. The predicted molar refractivity (Wildman–Crippen MR) is 53.9 cm³/mol. The van der Waals surface area contributed by atoms with Gasteiger partial charge in [-0.3, -0.25) is 9.59 Å². The van der Waals surface area contributed by atoms with E-state index in [1.54, 1.807) is 30.3 Å². The topological polar surface area (TPSA) is 81.7 Å². The summed E-state index contributed by atoms with van der Waals surface area (Å²) in [6.07, 6.45) is 0. The van der Waals surface area contributed by atoms with Crippen molar-refractivity contribution in [1.29, 1.82) is 10.5 Å². The highest BCUT2D eigenvalue weighted by Gasteiger charge is 2.35. The summed E-state index contributed by atoms with van der Waals surface area (Å²) in [6, 6.07) is 9.61. The smallest absolute Gasteiger partial charge is 0.236 e. The van der Waals surface area contributed by atoms with Crippen LogP contribution in [-0.4, -0.2) is 11.6 Å². The van der Waals surface area contributed by atoms with Crippen LogP contribution >= 0.6 is 0 Å². The van der Waals surface area contributed by atoms with Gasteiger partial charge in [-0.1, -0.05) is 24.3 Å². The normalized spacial score (nSPS) is 13.0. The van der Waals surface area contributed by atoms with Crippen molar-refractivity contribution >= 4 is 17.1 Å². The molecule has 0 fully saturated rings. The molecule has 2 rings (SSSR count). The Hall–Kier alpha value is -2.72. The number of nitrogens with zero attached hydrogens (tertiary/aromatic N) is 2. The molecule has 74 valence electrons. The Bertz CT molecular complexity index is 611. The molecular formula is C12H4N2O2. The molecule has 0 bridgehead atoms. The van der Waals surface area contributed by atoms with Gasteiger partial charge in [-0.15, -0.1) is 0 Å². The van der Waals surface area contributed by atoms with Gasteiger partial charge in [-0.2, -0.15) is 10.5 Å². The molecule has 0 amide bonds. The number of rotatable bonds is 0. The first-order chi connectivity index (χ1) is 7.70. The minimum absolute atomic E-state index is 0.0781. The maximum absolute atomic E-state index is 11.6. The largest absolute Gasteiger partial charge is 0.285 e. The number of Topliss-reactive ketones (excluding diaryl/α,β-unsaturated/α-hetero) is 2. The van der Waals surface area contributed by atoms with Gasteiger partial charge in [-0.25, -0.2) is 0 Å². The number of fused-ring (bicyclic) bond motifs is 1. The van der Waals surface area contributed by atoms with E-state index in [-0.39, 0.29) is 16.7 Å². The maximum atomic E-state index is 11.6. The van der Waals surface area contributed by atoms with Gasteiger partial charge in [0.25, 0.3) is 0 Å². The number of hydrogen-bond acceptors (Lipinski definition) is 4. The van der Waals surface area contributed by atoms with Crippen LogP contribution in [0.1, 0.15) is 15.9 Å². The summed E-state index contributed by atoms with van der Waals surface area (Å²) in [6.45, 7) is 0. The average Bonchev–Trinajstić information content (AvgIpc) is 2.57. The van der Waals surface area contributed by atoms with Crippen LogP contribution in [0.15, 0.2) is 29.8 Å². The molecule has 1 aromatic carbocycles. The maximum Gasteiger partial charge on any atom is 0.236 e. The van der Waals surface area contributed by atoms with Gasteiger partial charge >= 0.3 is 0 Å². The van der Waals surface area contributed by atoms with Crippen LogP contribution in [0.2, 0.25) is 0 Å². The van der Waals surface area contributed by atoms with E-state index < -0.39 is 11.6 Å². The van der Waals surface area contributed by atoms with Gasteiger partial charge in [0.05, 0.1) is 5.57 Å². The molecule has 0 N–H and O–H groups in total. The summed E-state index contributed by atoms with van der Waals surface area (Å²) in [5.41, 5.74) is 0.231. The summed E-state index contributed by atoms with van der Waals surface area (Å²) >= 11 is 0. The van der Waals surface area contributed by atoms with Crippen LogP contribution in [0.25, 0.3) is 5.57 Å². The molecule has 4 heteroatoms. The molecule has 0 heterocycles. The molecule has 1 aliphatic carbocycles. The number of nitriles is 2. The summed E-state index contributed by atoms with van der Waals surface area (Å²) in [5, 5.41) is 17.4. The van der Waals surface area contributed by atoms with Crippen molar-refractivity contribution in [3.05, 3.63) is 41.0 Å². The number of allylic oxidation sites excluding steroid dienone is 2. The van der Waals surface area contributed by atoms with Gasteiger partial charge in [0.15, 0.2) is 0 Å². The highest BCUT2D eigenvalue weighted by molar-refractivity contribution is 6.63. The first-order valence-electron chi connectivity index (χ1n) is 4.43. The zero-order valence-electron chi connectivity index (χ0n) is 8.02. The second-order valence-corrected chi connectivity index (χ2v) is 3.18. The number of benzene rings is 1. The predicted octanol–water partition coefficient (Wildman–Crippen LogP) is 1.25. The molecule has 1 aliphatic rings. The van der Waals surface area contributed by atoms with E-state index in [1.807, 2.05) is 0 Å². The van der Waals surface area contributed by atoms with Gasteiger partial charge in [0.1, 0.15) is 17.7 Å². The molecule has 1 aromatic rings. The molecule has 0 unspecified atom stereocenters. The number of ketones is 2. The minimum Gasteiger partial charge on any atom is -0.285 e. The molecule has 0 spiro atoms. The zero-order chi connectivity index (χ0) is 11.7. The van der Waals surface area contributed by atoms with Crippen LogP contribution in [0.4, 0.5) is 0 Å². The van der Waals surface area contributed by atoms with Crippen molar-refractivity contribution < 1.29 is 9.59 Å². The van der Waals surface area contributed by atoms with E-state index in [0.717, 1.165) is 0 Å². The van der Waals surface area contributed by atoms with E-state index in [2.05, 4.69) is 0 Å². The van der Waals surface area contributed by atoms with Crippen molar-refractivity contribution in [2.24, 2.45) is 0 Å². The molecule has 0 saturated heterocycles. The van der Waals surface area contributed by atoms with Crippen molar-refractivity contribution in [1.82, 2.24) is 0 Å². The van der Waals surface area contributed by atoms with Gasteiger partial charge in [0.2, 0.25) is 11.6 Å². The third-order valence-electron chi connectivity index (χ3n) is 2.35. The molecule has 16 heavy (non-hydrogen) atoms. The van der Waals surface area contributed by atoms with Crippen LogP contribution in [0, 0.1) is 22.7 Å². The fourth-order valence-corrected chi connectivity index (χ4v) is 1.64. The fourth-order valence-electron chi connectivity index (χ4n) is 1.64. The van der Waals surface area contributed by atoms with Crippen molar-refractivity contribution in [3.63, 3.8) is 0 Å². The number of carbonyl (C=O) groups is 2. The molecule has 0 aromatic heterocycles. The van der Waals surface area contributed by atoms with E-state index >= 15 is 0 Å². The van der Waals surface area contributed by atoms with Crippen LogP contribution < -0.4 is 0 Å². The molecule has 0 radical (unpaired) electrons. The Morgan fingerprint density at radius 3 is 2.06 bits per heavy atom. The molecule has 4 nitrogen and oxygen atoms in total. The highest BCUT2D eigenvalue weighted by Crippen LogP contribution is 2.31. The Morgan fingerprint density at radius 2 is 1.50 bits per heavy atom. The Balaban J connectivity index is 2.84. The van der Waals surface area contributed by atoms with Gasteiger partial charge in [0, 0.05) is 5.56 Å². The first kappa shape index (κ1) is 9.82. The lowest BCUT2D eigenvalue weighted by Crippen LogP contribution is -2.06. The van der Waals surface area contributed by atoms with Crippen LogP contribution in [0.3, 0.4) is 0 Å². The monoisotopic (exact) mass is 208 g/mol. The fraction of sp³-hybridized carbons (Fsp3) is 0. The lowest BCUT2D eigenvalue weighted by atomic mass is 10.0. The van der Waals surface area contributed by atoms with Crippen molar-refractivity contribution in [2.75, 3.05) is 0 Å². The molecular weight excluding hydrogens is 204 g/mol. The summed E-state index contributed by atoms with van der Waals surface area (Å²) < 4.78 is 0. The lowest BCUT2D eigenvalue weighted by molar-refractivity contribution is -0.109. The second kappa shape index (κ2) is 3.45. The third kappa shape index (κ3) is 1.14. The molecule has 0 atom stereocenters. The quantitative estimate of drug-likeness (QED) is 0.365. The summed E-state index contributed by atoms with van der Waals surface area (Å²) in [7, 11) is 0. The van der Waals surface area contributed by atoms with E-state index in [1.165, 1.54) is 6.07 Å². The lowest BCUT2D eigenvalue weighted by Gasteiger charge is -1.96. The second-order valence-electron chi connectivity index (χ2n) is 3.18. The average molecular weight is 208 g/mol. The van der Waals surface area contributed by atoms with Crippen molar-refractivity contribution in [3.8, 4) is 12.1 Å². The Kier molecular flexibility index (Phi) is 2.12. The summed E-state index contributed by atoms with van der Waals surface area (Å²) in [4.78, 5) is 23.2. The minimum atomic E-state index is -0.778. The number of carbonyl (C=O) groups excluding carboxylic acids is 2. The third-order valence-corrected chi connectivity index (χ3v) is 2.35. The van der Waals surface area contributed by atoms with E-state index in [4.69, 9.17) is 10.5 Å². The van der Waals surface area contributed by atoms with E-state index in [0.29, 0.717) is 5.56 Å². The van der Waals surface area contributed by atoms with Gasteiger partial charge < -0.3 is 0 Å². The van der Waals surface area contributed by atoms with E-state index in [9.17, 15) is 9.59 Å². The van der Waals surface area contributed by atoms with Crippen LogP contribution in [-0.2, 0) is 4.79 Å². The summed E-state index contributed by atoms with van der Waals surface area (Å²) in [5.74, 6) is -1.44. The van der Waals surface area contributed by atoms with Gasteiger partial charge in [-0.05, 0) is 5.56 Å². The van der Waals surface area contributed by atoms with Crippen molar-refractivity contribution in [2.45, 2.75) is 0 Å². The van der Waals surface area contributed by atoms with Crippen LogP contribution in [0.5, 0.6) is 0 Å². The highest BCUT2D eigenvalue weighted by atomic mass is 16.2.